The van der Waals surface area contributed by atoms with Crippen molar-refractivity contribution in [1.29, 1.82) is 10.8 Å². The molecule has 0 aromatic heterocycles. The Morgan fingerprint density at radius 3 is 1.35 bits per heavy atom. The predicted octanol–water partition coefficient (Wildman–Crippen LogP) is 3.51. The molecule has 2 heteroatoms. The van der Waals surface area contributed by atoms with Crippen molar-refractivity contribution in [3.05, 3.63) is 71.8 Å². The van der Waals surface area contributed by atoms with Crippen molar-refractivity contribution >= 4 is 11.4 Å². The molecule has 0 fully saturated rings. The molecular formula is C15H14N2. The van der Waals surface area contributed by atoms with E-state index in [4.69, 9.17) is 10.8 Å². The summed E-state index contributed by atoms with van der Waals surface area (Å²) in [6.07, 6.45) is 0.369. The predicted molar refractivity (Wildman–Crippen MR) is 71.2 cm³/mol. The van der Waals surface area contributed by atoms with E-state index in [2.05, 4.69) is 0 Å². The van der Waals surface area contributed by atoms with Gasteiger partial charge in [0.25, 0.3) is 0 Å². The molecule has 84 valence electrons. The van der Waals surface area contributed by atoms with Crippen molar-refractivity contribution in [2.75, 3.05) is 0 Å². The number of hydrogen-bond acceptors (Lipinski definition) is 2. The van der Waals surface area contributed by atoms with Crippen LogP contribution in [-0.2, 0) is 0 Å². The Hall–Kier alpha value is -2.22. The van der Waals surface area contributed by atoms with Crippen molar-refractivity contribution in [1.82, 2.24) is 0 Å². The molecule has 0 saturated carbocycles. The molecule has 2 aromatic rings. The van der Waals surface area contributed by atoms with E-state index in [9.17, 15) is 0 Å². The summed E-state index contributed by atoms with van der Waals surface area (Å²) >= 11 is 0. The molecule has 0 saturated heterocycles. The van der Waals surface area contributed by atoms with Crippen LogP contribution >= 0.6 is 0 Å². The van der Waals surface area contributed by atoms with Gasteiger partial charge in [0.15, 0.2) is 0 Å². The smallest absolute Gasteiger partial charge is 0.0445 e. The standard InChI is InChI=1S/C15H14N2/c16-14(12-7-3-1-4-8-12)11-15(17)13-9-5-2-6-10-13/h1-10,16-17H,11H2. The highest BCUT2D eigenvalue weighted by Gasteiger charge is 2.06. The molecule has 0 aliphatic rings. The molecule has 0 spiro atoms. The Bertz CT molecular complexity index is 466. The molecule has 0 amide bonds. The van der Waals surface area contributed by atoms with Gasteiger partial charge in [0, 0.05) is 17.8 Å². The third-order valence-electron chi connectivity index (χ3n) is 2.60. The van der Waals surface area contributed by atoms with E-state index in [0.717, 1.165) is 11.1 Å². The van der Waals surface area contributed by atoms with Crippen molar-refractivity contribution in [3.8, 4) is 0 Å². The van der Waals surface area contributed by atoms with Gasteiger partial charge in [-0.3, -0.25) is 0 Å². The Balaban J connectivity index is 2.08. The third-order valence-corrected chi connectivity index (χ3v) is 2.60. The molecule has 2 rings (SSSR count). The summed E-state index contributed by atoms with van der Waals surface area (Å²) < 4.78 is 0. The summed E-state index contributed by atoms with van der Waals surface area (Å²) in [7, 11) is 0. The van der Waals surface area contributed by atoms with E-state index in [1.807, 2.05) is 60.7 Å². The van der Waals surface area contributed by atoms with E-state index in [-0.39, 0.29) is 0 Å². The maximum atomic E-state index is 7.97. The quantitative estimate of drug-likeness (QED) is 0.744. The van der Waals surface area contributed by atoms with Gasteiger partial charge >= 0.3 is 0 Å². The average molecular weight is 222 g/mol. The summed E-state index contributed by atoms with van der Waals surface area (Å²) in [4.78, 5) is 0. The molecule has 2 N–H and O–H groups in total. The Morgan fingerprint density at radius 1 is 0.647 bits per heavy atom. The van der Waals surface area contributed by atoms with Gasteiger partial charge in [0.2, 0.25) is 0 Å². The highest BCUT2D eigenvalue weighted by Crippen LogP contribution is 2.08. The van der Waals surface area contributed by atoms with Gasteiger partial charge < -0.3 is 10.8 Å². The van der Waals surface area contributed by atoms with E-state index in [0.29, 0.717) is 17.8 Å². The zero-order chi connectivity index (χ0) is 12.1. The number of hydrogen-bond donors (Lipinski definition) is 2. The van der Waals surface area contributed by atoms with Gasteiger partial charge in [-0.25, -0.2) is 0 Å². The lowest BCUT2D eigenvalue weighted by atomic mass is 10.0. The monoisotopic (exact) mass is 222 g/mol. The average Bonchev–Trinajstić information content (AvgIpc) is 2.40. The first kappa shape index (κ1) is 11.3. The van der Waals surface area contributed by atoms with Crippen LogP contribution in [0.1, 0.15) is 17.5 Å². The molecule has 0 unspecified atom stereocenters. The second kappa shape index (κ2) is 5.21. The Kier molecular flexibility index (Phi) is 3.46. The summed E-state index contributed by atoms with van der Waals surface area (Å²) in [6, 6.07) is 19.1. The highest BCUT2D eigenvalue weighted by molar-refractivity contribution is 6.15. The maximum Gasteiger partial charge on any atom is 0.0445 e. The van der Waals surface area contributed by atoms with Gasteiger partial charge in [-0.05, 0) is 11.1 Å². The largest absolute Gasteiger partial charge is 0.304 e. The van der Waals surface area contributed by atoms with Crippen LogP contribution in [0.4, 0.5) is 0 Å². The van der Waals surface area contributed by atoms with E-state index < -0.39 is 0 Å². The van der Waals surface area contributed by atoms with Gasteiger partial charge in [0.1, 0.15) is 0 Å². The van der Waals surface area contributed by atoms with Crippen LogP contribution in [-0.4, -0.2) is 11.4 Å². The van der Waals surface area contributed by atoms with Gasteiger partial charge in [-0.2, -0.15) is 0 Å². The van der Waals surface area contributed by atoms with E-state index in [1.165, 1.54) is 0 Å². The first-order chi connectivity index (χ1) is 8.27. The summed E-state index contributed by atoms with van der Waals surface area (Å²) in [5, 5.41) is 15.9. The van der Waals surface area contributed by atoms with Crippen molar-refractivity contribution in [3.63, 3.8) is 0 Å². The fourth-order valence-corrected chi connectivity index (χ4v) is 1.66. The first-order valence-electron chi connectivity index (χ1n) is 5.53. The summed E-state index contributed by atoms with van der Waals surface area (Å²) in [5.74, 6) is 0. The van der Waals surface area contributed by atoms with Crippen LogP contribution in [0.5, 0.6) is 0 Å². The van der Waals surface area contributed by atoms with Crippen LogP contribution in [0.25, 0.3) is 0 Å². The second-order valence-electron chi connectivity index (χ2n) is 3.87. The van der Waals surface area contributed by atoms with Crippen LogP contribution in [0.3, 0.4) is 0 Å². The Morgan fingerprint density at radius 2 is 1.00 bits per heavy atom. The number of rotatable bonds is 4. The lowest BCUT2D eigenvalue weighted by molar-refractivity contribution is 1.34. The molecule has 0 radical (unpaired) electrons. The molecule has 0 heterocycles. The maximum absolute atomic E-state index is 7.97. The molecule has 0 aliphatic carbocycles. The minimum atomic E-state index is 0.369. The van der Waals surface area contributed by atoms with Gasteiger partial charge in [-0.1, -0.05) is 60.7 Å². The minimum absolute atomic E-state index is 0.369. The van der Waals surface area contributed by atoms with Crippen molar-refractivity contribution in [2.24, 2.45) is 0 Å². The normalized spacial score (nSPS) is 9.88. The fourth-order valence-electron chi connectivity index (χ4n) is 1.66. The Labute approximate surface area is 101 Å². The first-order valence-corrected chi connectivity index (χ1v) is 5.53. The topological polar surface area (TPSA) is 47.7 Å². The zero-order valence-electron chi connectivity index (χ0n) is 9.48. The van der Waals surface area contributed by atoms with Crippen LogP contribution in [0.2, 0.25) is 0 Å². The molecule has 0 atom stereocenters. The van der Waals surface area contributed by atoms with E-state index >= 15 is 0 Å². The summed E-state index contributed by atoms with van der Waals surface area (Å²) in [5.41, 5.74) is 2.74. The number of benzene rings is 2. The van der Waals surface area contributed by atoms with Crippen LogP contribution in [0, 0.1) is 10.8 Å². The molecule has 2 aromatic carbocycles. The molecule has 0 bridgehead atoms. The van der Waals surface area contributed by atoms with Crippen molar-refractivity contribution in [2.45, 2.75) is 6.42 Å². The highest BCUT2D eigenvalue weighted by atomic mass is 14.5. The van der Waals surface area contributed by atoms with Gasteiger partial charge in [0.05, 0.1) is 0 Å². The SMILES string of the molecule is N=C(CC(=N)c1ccccc1)c1ccccc1. The summed E-state index contributed by atoms with van der Waals surface area (Å²) in [6.45, 7) is 0. The van der Waals surface area contributed by atoms with Crippen LogP contribution in [0.15, 0.2) is 60.7 Å². The lowest BCUT2D eigenvalue weighted by Crippen LogP contribution is -2.08. The van der Waals surface area contributed by atoms with Gasteiger partial charge in [-0.15, -0.1) is 0 Å². The molecular weight excluding hydrogens is 208 g/mol. The minimum Gasteiger partial charge on any atom is -0.304 e. The molecule has 17 heavy (non-hydrogen) atoms. The lowest BCUT2D eigenvalue weighted by Gasteiger charge is -2.06. The number of nitrogens with one attached hydrogen (secondary N) is 2. The zero-order valence-corrected chi connectivity index (χ0v) is 9.48. The van der Waals surface area contributed by atoms with E-state index in [1.54, 1.807) is 0 Å². The molecule has 2 nitrogen and oxygen atoms in total. The molecule has 0 aliphatic heterocycles. The van der Waals surface area contributed by atoms with Crippen molar-refractivity contribution < 1.29 is 0 Å². The van der Waals surface area contributed by atoms with Crippen LogP contribution < -0.4 is 0 Å². The second-order valence-corrected chi connectivity index (χ2v) is 3.87. The third kappa shape index (κ3) is 2.88. The fraction of sp³-hybridized carbons (Fsp3) is 0.0667.